The molecule has 0 aliphatic carbocycles. The van der Waals surface area contributed by atoms with E-state index in [4.69, 9.17) is 4.74 Å². The Labute approximate surface area is 79.5 Å². The van der Waals surface area contributed by atoms with Gasteiger partial charge >= 0.3 is 0 Å². The average molecular weight is 183 g/mol. The van der Waals surface area contributed by atoms with Gasteiger partial charge in [-0.2, -0.15) is 0 Å². The fourth-order valence-corrected chi connectivity index (χ4v) is 0.818. The molecule has 0 bridgehead atoms. The maximum atomic E-state index is 11.0. The molecule has 0 aliphatic rings. The topological polar surface area (TPSA) is 38.3 Å². The highest BCUT2D eigenvalue weighted by Gasteiger charge is 1.97. The van der Waals surface area contributed by atoms with Crippen LogP contribution in [-0.2, 0) is 9.53 Å². The lowest BCUT2D eigenvalue weighted by molar-refractivity contribution is -0.120. The van der Waals surface area contributed by atoms with Gasteiger partial charge in [-0.05, 0) is 26.0 Å². The van der Waals surface area contributed by atoms with Gasteiger partial charge in [0.15, 0.2) is 0 Å². The first-order valence-electron chi connectivity index (χ1n) is 4.32. The zero-order valence-corrected chi connectivity index (χ0v) is 8.68. The van der Waals surface area contributed by atoms with Gasteiger partial charge in [0.1, 0.15) is 5.76 Å². The quantitative estimate of drug-likeness (QED) is 0.534. The van der Waals surface area contributed by atoms with Gasteiger partial charge in [-0.3, -0.25) is 4.79 Å². The zero-order chi connectivity index (χ0) is 10.3. The van der Waals surface area contributed by atoms with Crippen molar-refractivity contribution in [2.45, 2.75) is 27.2 Å². The molecule has 0 saturated carbocycles. The van der Waals surface area contributed by atoms with Crippen molar-refractivity contribution in [1.29, 1.82) is 0 Å². The molecular weight excluding hydrogens is 166 g/mol. The van der Waals surface area contributed by atoms with Gasteiger partial charge in [0, 0.05) is 12.1 Å². The van der Waals surface area contributed by atoms with E-state index >= 15 is 0 Å². The van der Waals surface area contributed by atoms with E-state index in [0.29, 0.717) is 6.42 Å². The average Bonchev–Trinajstić information content (AvgIpc) is 2.13. The van der Waals surface area contributed by atoms with Crippen LogP contribution in [0.25, 0.3) is 0 Å². The fraction of sp³-hybridized carbons (Fsp3) is 0.500. The van der Waals surface area contributed by atoms with Crippen LogP contribution in [0.3, 0.4) is 0 Å². The van der Waals surface area contributed by atoms with Gasteiger partial charge < -0.3 is 10.1 Å². The lowest BCUT2D eigenvalue weighted by Crippen LogP contribution is -2.19. The second-order valence-corrected chi connectivity index (χ2v) is 2.62. The van der Waals surface area contributed by atoms with Crippen LogP contribution in [0.15, 0.2) is 23.6 Å². The van der Waals surface area contributed by atoms with Gasteiger partial charge in [0.2, 0.25) is 5.91 Å². The summed E-state index contributed by atoms with van der Waals surface area (Å²) in [6.45, 7) is 5.52. The van der Waals surface area contributed by atoms with Crippen LogP contribution in [0.2, 0.25) is 0 Å². The first-order chi connectivity index (χ1) is 6.13. The minimum atomic E-state index is 0.0142. The van der Waals surface area contributed by atoms with Crippen molar-refractivity contribution in [3.63, 3.8) is 0 Å². The Kier molecular flexibility index (Phi) is 5.68. The fourth-order valence-electron chi connectivity index (χ4n) is 0.818. The van der Waals surface area contributed by atoms with Crippen molar-refractivity contribution in [3.05, 3.63) is 23.6 Å². The normalized spacial score (nSPS) is 12.6. The minimum absolute atomic E-state index is 0.0142. The number of rotatable bonds is 4. The standard InChI is InChI=1S/C10H17NO2/c1-5-9(13-4)7-8(3)11-10(12)6-2/h5,7H,6H2,1-4H3,(H,11,12). The lowest BCUT2D eigenvalue weighted by atomic mass is 10.3. The summed E-state index contributed by atoms with van der Waals surface area (Å²) in [6.07, 6.45) is 4.11. The summed E-state index contributed by atoms with van der Waals surface area (Å²) in [6, 6.07) is 0. The highest BCUT2D eigenvalue weighted by Crippen LogP contribution is 2.00. The zero-order valence-electron chi connectivity index (χ0n) is 8.68. The molecule has 0 aromatic heterocycles. The van der Waals surface area contributed by atoms with Gasteiger partial charge in [0.05, 0.1) is 7.11 Å². The van der Waals surface area contributed by atoms with E-state index in [1.165, 1.54) is 0 Å². The molecule has 1 amide bonds. The molecule has 0 radical (unpaired) electrons. The number of allylic oxidation sites excluding steroid dienone is 3. The van der Waals surface area contributed by atoms with Crippen LogP contribution >= 0.6 is 0 Å². The number of carbonyl (C=O) groups is 1. The summed E-state index contributed by atoms with van der Waals surface area (Å²) in [4.78, 5) is 11.0. The number of ether oxygens (including phenoxy) is 1. The molecule has 0 rings (SSSR count). The van der Waals surface area contributed by atoms with Gasteiger partial charge in [-0.1, -0.05) is 6.92 Å². The molecular formula is C10H17NO2. The smallest absolute Gasteiger partial charge is 0.223 e. The van der Waals surface area contributed by atoms with Crippen LogP contribution in [0.5, 0.6) is 0 Å². The molecule has 1 N–H and O–H groups in total. The molecule has 0 aromatic rings. The summed E-state index contributed by atoms with van der Waals surface area (Å²) in [5, 5.41) is 2.73. The molecule has 0 heterocycles. The Bertz CT molecular complexity index is 229. The molecule has 0 unspecified atom stereocenters. The molecule has 0 aliphatic heterocycles. The Morgan fingerprint density at radius 2 is 2.15 bits per heavy atom. The van der Waals surface area contributed by atoms with E-state index in [1.807, 2.05) is 26.8 Å². The molecule has 0 fully saturated rings. The van der Waals surface area contributed by atoms with E-state index in [9.17, 15) is 4.79 Å². The van der Waals surface area contributed by atoms with E-state index in [1.54, 1.807) is 13.2 Å². The molecule has 0 saturated heterocycles. The van der Waals surface area contributed by atoms with E-state index < -0.39 is 0 Å². The van der Waals surface area contributed by atoms with Crippen LogP contribution < -0.4 is 5.32 Å². The Balaban J connectivity index is 4.23. The summed E-state index contributed by atoms with van der Waals surface area (Å²) in [5.41, 5.74) is 0.793. The molecule has 0 aromatic carbocycles. The Morgan fingerprint density at radius 1 is 1.54 bits per heavy atom. The highest BCUT2D eigenvalue weighted by atomic mass is 16.5. The maximum absolute atomic E-state index is 11.0. The third kappa shape index (κ3) is 5.06. The molecule has 3 heteroatoms. The predicted molar refractivity (Wildman–Crippen MR) is 53.0 cm³/mol. The first kappa shape index (κ1) is 11.8. The Morgan fingerprint density at radius 3 is 2.54 bits per heavy atom. The highest BCUT2D eigenvalue weighted by molar-refractivity contribution is 5.77. The number of amides is 1. The first-order valence-corrected chi connectivity index (χ1v) is 4.32. The summed E-state index contributed by atoms with van der Waals surface area (Å²) >= 11 is 0. The maximum Gasteiger partial charge on any atom is 0.223 e. The van der Waals surface area contributed by atoms with Crippen LogP contribution in [0, 0.1) is 0 Å². The van der Waals surface area contributed by atoms with Crippen molar-refractivity contribution in [3.8, 4) is 0 Å². The van der Waals surface area contributed by atoms with E-state index in [-0.39, 0.29) is 5.91 Å². The molecule has 0 spiro atoms. The second-order valence-electron chi connectivity index (χ2n) is 2.62. The lowest BCUT2D eigenvalue weighted by Gasteiger charge is -2.04. The van der Waals surface area contributed by atoms with Gasteiger partial charge in [0.25, 0.3) is 0 Å². The van der Waals surface area contributed by atoms with Crippen molar-refractivity contribution >= 4 is 5.91 Å². The second kappa shape index (κ2) is 6.29. The number of hydrogen-bond donors (Lipinski definition) is 1. The number of methoxy groups -OCH3 is 1. The molecule has 74 valence electrons. The molecule has 0 atom stereocenters. The van der Waals surface area contributed by atoms with Crippen molar-refractivity contribution in [2.75, 3.05) is 7.11 Å². The van der Waals surface area contributed by atoms with Crippen molar-refractivity contribution < 1.29 is 9.53 Å². The van der Waals surface area contributed by atoms with Crippen LogP contribution in [0.1, 0.15) is 27.2 Å². The van der Waals surface area contributed by atoms with Gasteiger partial charge in [-0.15, -0.1) is 0 Å². The third-order valence-corrected chi connectivity index (χ3v) is 1.54. The molecule has 3 nitrogen and oxygen atoms in total. The van der Waals surface area contributed by atoms with E-state index in [0.717, 1.165) is 11.5 Å². The monoisotopic (exact) mass is 183 g/mol. The van der Waals surface area contributed by atoms with Crippen molar-refractivity contribution in [2.24, 2.45) is 0 Å². The SMILES string of the molecule is CC=C(C=C(C)NC(=O)CC)OC. The molecule has 13 heavy (non-hydrogen) atoms. The number of carbonyl (C=O) groups excluding carboxylic acids is 1. The third-order valence-electron chi connectivity index (χ3n) is 1.54. The van der Waals surface area contributed by atoms with E-state index in [2.05, 4.69) is 5.32 Å². The van der Waals surface area contributed by atoms with Crippen LogP contribution in [-0.4, -0.2) is 13.0 Å². The van der Waals surface area contributed by atoms with Gasteiger partial charge in [-0.25, -0.2) is 0 Å². The summed E-state index contributed by atoms with van der Waals surface area (Å²) in [5.74, 6) is 0.759. The number of nitrogens with one attached hydrogen (secondary N) is 1. The summed E-state index contributed by atoms with van der Waals surface area (Å²) < 4.78 is 5.02. The minimum Gasteiger partial charge on any atom is -0.497 e. The summed E-state index contributed by atoms with van der Waals surface area (Å²) in [7, 11) is 1.60. The largest absolute Gasteiger partial charge is 0.497 e. The van der Waals surface area contributed by atoms with Crippen LogP contribution in [0.4, 0.5) is 0 Å². The van der Waals surface area contributed by atoms with Crippen molar-refractivity contribution in [1.82, 2.24) is 5.32 Å². The Hall–Kier alpha value is -1.25. The predicted octanol–water partition coefficient (Wildman–Crippen LogP) is 1.97. The number of hydrogen-bond acceptors (Lipinski definition) is 2.